The molecule has 4 aromatic rings. The number of methoxy groups -OCH3 is 1. The number of nitrogens with zero attached hydrogens (tertiary/aromatic N) is 1. The van der Waals surface area contributed by atoms with E-state index >= 15 is 0 Å². The third-order valence-corrected chi connectivity index (χ3v) is 5.06. The van der Waals surface area contributed by atoms with Gasteiger partial charge in [0.05, 0.1) is 23.7 Å². The summed E-state index contributed by atoms with van der Waals surface area (Å²) in [5.41, 5.74) is 8.38. The SMILES string of the molecule is COc1ccc(C[C@H](NC(=O)c2c3ccccc3nc3ccccc23)C(N)=O)cc1. The minimum atomic E-state index is -0.850. The molecule has 1 heterocycles. The van der Waals surface area contributed by atoms with Gasteiger partial charge in [-0.25, -0.2) is 4.98 Å². The van der Waals surface area contributed by atoms with E-state index in [-0.39, 0.29) is 12.3 Å². The Balaban J connectivity index is 1.70. The number of benzene rings is 3. The fraction of sp³-hybridized carbons (Fsp3) is 0.125. The van der Waals surface area contributed by atoms with Crippen molar-refractivity contribution in [2.24, 2.45) is 5.73 Å². The van der Waals surface area contributed by atoms with Crippen molar-refractivity contribution in [3.05, 3.63) is 83.9 Å². The molecule has 0 unspecified atom stereocenters. The molecule has 0 bridgehead atoms. The fourth-order valence-electron chi connectivity index (χ4n) is 3.54. The van der Waals surface area contributed by atoms with Crippen LogP contribution in [0.4, 0.5) is 0 Å². The molecule has 2 amide bonds. The van der Waals surface area contributed by atoms with Crippen molar-refractivity contribution in [1.29, 1.82) is 0 Å². The van der Waals surface area contributed by atoms with Crippen LogP contribution in [-0.4, -0.2) is 29.9 Å². The normalized spacial score (nSPS) is 11.9. The van der Waals surface area contributed by atoms with Gasteiger partial charge in [0.25, 0.3) is 5.91 Å². The van der Waals surface area contributed by atoms with Gasteiger partial charge in [-0.2, -0.15) is 0 Å². The maximum atomic E-state index is 13.3. The van der Waals surface area contributed by atoms with Gasteiger partial charge in [0, 0.05) is 17.2 Å². The number of para-hydroxylation sites is 2. The molecule has 6 nitrogen and oxygen atoms in total. The van der Waals surface area contributed by atoms with E-state index in [0.29, 0.717) is 22.3 Å². The number of nitrogens with one attached hydrogen (secondary N) is 1. The number of rotatable bonds is 6. The van der Waals surface area contributed by atoms with E-state index in [1.165, 1.54) is 0 Å². The Morgan fingerprint density at radius 3 is 2.03 bits per heavy atom. The van der Waals surface area contributed by atoms with Crippen LogP contribution < -0.4 is 15.8 Å². The van der Waals surface area contributed by atoms with E-state index in [2.05, 4.69) is 10.3 Å². The Hall–Kier alpha value is -3.93. The number of carbonyl (C=O) groups is 2. The molecule has 3 aromatic carbocycles. The number of aromatic nitrogens is 1. The first-order valence-corrected chi connectivity index (χ1v) is 9.57. The molecule has 150 valence electrons. The molecule has 0 spiro atoms. The summed E-state index contributed by atoms with van der Waals surface area (Å²) in [5, 5.41) is 4.27. The Bertz CT molecular complexity index is 1180. The van der Waals surface area contributed by atoms with Gasteiger partial charge in [-0.3, -0.25) is 9.59 Å². The molecule has 30 heavy (non-hydrogen) atoms. The topological polar surface area (TPSA) is 94.3 Å². The summed E-state index contributed by atoms with van der Waals surface area (Å²) in [5.74, 6) is -0.239. The van der Waals surface area contributed by atoms with Crippen LogP contribution in [-0.2, 0) is 11.2 Å². The first-order chi connectivity index (χ1) is 14.6. The highest BCUT2D eigenvalue weighted by molar-refractivity contribution is 6.16. The quantitative estimate of drug-likeness (QED) is 0.487. The minimum absolute atomic E-state index is 0.284. The van der Waals surface area contributed by atoms with Crippen molar-refractivity contribution in [3.63, 3.8) is 0 Å². The van der Waals surface area contributed by atoms with Gasteiger partial charge in [0.1, 0.15) is 11.8 Å². The van der Waals surface area contributed by atoms with Gasteiger partial charge in [-0.05, 0) is 29.8 Å². The van der Waals surface area contributed by atoms with Crippen LogP contribution in [0.1, 0.15) is 15.9 Å². The van der Waals surface area contributed by atoms with Crippen LogP contribution in [0.5, 0.6) is 5.75 Å². The second kappa shape index (κ2) is 8.21. The van der Waals surface area contributed by atoms with Gasteiger partial charge in [0.2, 0.25) is 5.91 Å². The highest BCUT2D eigenvalue weighted by Crippen LogP contribution is 2.26. The first-order valence-electron chi connectivity index (χ1n) is 9.57. The Morgan fingerprint density at radius 2 is 1.50 bits per heavy atom. The second-order valence-corrected chi connectivity index (χ2v) is 7.00. The predicted molar refractivity (Wildman–Crippen MR) is 116 cm³/mol. The zero-order chi connectivity index (χ0) is 21.1. The molecule has 4 rings (SSSR count). The molecule has 1 aromatic heterocycles. The highest BCUT2D eigenvalue weighted by atomic mass is 16.5. The molecule has 0 radical (unpaired) electrons. The van der Waals surface area contributed by atoms with Crippen LogP contribution >= 0.6 is 0 Å². The second-order valence-electron chi connectivity index (χ2n) is 7.00. The first kappa shape index (κ1) is 19.4. The van der Waals surface area contributed by atoms with E-state index < -0.39 is 11.9 Å². The third-order valence-electron chi connectivity index (χ3n) is 5.06. The van der Waals surface area contributed by atoms with Crippen molar-refractivity contribution < 1.29 is 14.3 Å². The zero-order valence-electron chi connectivity index (χ0n) is 16.5. The maximum absolute atomic E-state index is 13.3. The lowest BCUT2D eigenvalue weighted by Crippen LogP contribution is -2.46. The maximum Gasteiger partial charge on any atom is 0.253 e. The number of ether oxygens (including phenoxy) is 1. The number of pyridine rings is 1. The third kappa shape index (κ3) is 3.80. The molecule has 0 aliphatic rings. The Morgan fingerprint density at radius 1 is 0.933 bits per heavy atom. The minimum Gasteiger partial charge on any atom is -0.497 e. The Kier molecular flexibility index (Phi) is 5.30. The highest BCUT2D eigenvalue weighted by Gasteiger charge is 2.22. The molecular weight excluding hydrogens is 378 g/mol. The zero-order valence-corrected chi connectivity index (χ0v) is 16.5. The summed E-state index contributed by atoms with van der Waals surface area (Å²) in [7, 11) is 1.59. The Labute approximate surface area is 173 Å². The smallest absolute Gasteiger partial charge is 0.253 e. The summed E-state index contributed by atoms with van der Waals surface area (Å²) in [6.45, 7) is 0. The number of hydrogen-bond acceptors (Lipinski definition) is 4. The molecule has 1 atom stereocenters. The van der Waals surface area contributed by atoms with Gasteiger partial charge in [-0.15, -0.1) is 0 Å². The fourth-order valence-corrected chi connectivity index (χ4v) is 3.54. The van der Waals surface area contributed by atoms with Crippen molar-refractivity contribution in [2.75, 3.05) is 7.11 Å². The van der Waals surface area contributed by atoms with Crippen molar-refractivity contribution in [3.8, 4) is 5.75 Å². The number of nitrogens with two attached hydrogens (primary N) is 1. The summed E-state index contributed by atoms with van der Waals surface area (Å²) in [6.07, 6.45) is 0.284. The summed E-state index contributed by atoms with van der Waals surface area (Å²) < 4.78 is 5.16. The number of amides is 2. The van der Waals surface area contributed by atoms with Gasteiger partial charge in [-0.1, -0.05) is 48.5 Å². The number of primary amides is 1. The number of hydrogen-bond donors (Lipinski definition) is 2. The van der Waals surface area contributed by atoms with E-state index in [0.717, 1.165) is 16.3 Å². The lowest BCUT2D eigenvalue weighted by atomic mass is 10.0. The van der Waals surface area contributed by atoms with Crippen LogP contribution in [0.15, 0.2) is 72.8 Å². The molecule has 0 aliphatic heterocycles. The standard InChI is InChI=1S/C24H21N3O3/c1-30-16-12-10-15(11-13-16)14-21(23(25)28)27-24(29)22-17-6-2-4-8-19(17)26-20-9-5-3-7-18(20)22/h2-13,21H,14H2,1H3,(H2,25,28)(H,27,29)/t21-/m0/s1. The van der Waals surface area contributed by atoms with E-state index in [9.17, 15) is 9.59 Å². The molecular formula is C24H21N3O3. The van der Waals surface area contributed by atoms with Crippen LogP contribution in [0.2, 0.25) is 0 Å². The van der Waals surface area contributed by atoms with E-state index in [1.807, 2.05) is 60.7 Å². The molecule has 0 fully saturated rings. The van der Waals surface area contributed by atoms with Crippen molar-refractivity contribution >= 4 is 33.6 Å². The predicted octanol–water partition coefficient (Wildman–Crippen LogP) is 3.22. The average molecular weight is 399 g/mol. The summed E-state index contributed by atoms with van der Waals surface area (Å²) in [6, 6.07) is 21.4. The van der Waals surface area contributed by atoms with Gasteiger partial charge < -0.3 is 15.8 Å². The molecule has 6 heteroatoms. The van der Waals surface area contributed by atoms with Crippen molar-refractivity contribution in [2.45, 2.75) is 12.5 Å². The largest absolute Gasteiger partial charge is 0.497 e. The summed E-state index contributed by atoms with van der Waals surface area (Å²) >= 11 is 0. The van der Waals surface area contributed by atoms with Crippen LogP contribution in [0.25, 0.3) is 21.8 Å². The molecule has 0 saturated carbocycles. The van der Waals surface area contributed by atoms with E-state index in [4.69, 9.17) is 10.5 Å². The monoisotopic (exact) mass is 399 g/mol. The lowest BCUT2D eigenvalue weighted by molar-refractivity contribution is -0.119. The van der Waals surface area contributed by atoms with E-state index in [1.54, 1.807) is 19.2 Å². The van der Waals surface area contributed by atoms with Gasteiger partial charge >= 0.3 is 0 Å². The van der Waals surface area contributed by atoms with Crippen molar-refractivity contribution in [1.82, 2.24) is 10.3 Å². The van der Waals surface area contributed by atoms with Crippen LogP contribution in [0.3, 0.4) is 0 Å². The molecule has 0 saturated heterocycles. The molecule has 0 aliphatic carbocycles. The summed E-state index contributed by atoms with van der Waals surface area (Å²) in [4.78, 5) is 30.0. The van der Waals surface area contributed by atoms with Gasteiger partial charge in [0.15, 0.2) is 0 Å². The number of carbonyl (C=O) groups excluding carboxylic acids is 2. The number of fused-ring (bicyclic) bond motifs is 2. The average Bonchev–Trinajstić information content (AvgIpc) is 2.77. The van der Waals surface area contributed by atoms with Crippen LogP contribution in [0, 0.1) is 0 Å². The molecule has 3 N–H and O–H groups in total. The lowest BCUT2D eigenvalue weighted by Gasteiger charge is -2.17.